The summed E-state index contributed by atoms with van der Waals surface area (Å²) in [5, 5.41) is 9.38. The molecule has 0 spiro atoms. The van der Waals surface area contributed by atoms with Gasteiger partial charge in [0.05, 0.1) is 0 Å². The van der Waals surface area contributed by atoms with Crippen molar-refractivity contribution in [2.75, 3.05) is 5.73 Å². The zero-order valence-corrected chi connectivity index (χ0v) is 9.71. The van der Waals surface area contributed by atoms with E-state index < -0.39 is 11.8 Å². The summed E-state index contributed by atoms with van der Waals surface area (Å²) < 4.78 is 13.1. The Morgan fingerprint density at radius 1 is 1.53 bits per heavy atom. The molecule has 0 amide bonds. The lowest BCUT2D eigenvalue weighted by Gasteiger charge is -2.01. The second kappa shape index (κ2) is 4.14. The highest BCUT2D eigenvalue weighted by Gasteiger charge is 2.17. The van der Waals surface area contributed by atoms with Crippen LogP contribution in [0.15, 0.2) is 18.2 Å². The summed E-state index contributed by atoms with van der Waals surface area (Å²) in [4.78, 5) is 14.7. The molecule has 0 bridgehead atoms. The van der Waals surface area contributed by atoms with E-state index in [9.17, 15) is 9.18 Å². The van der Waals surface area contributed by atoms with Crippen molar-refractivity contribution in [1.29, 1.82) is 0 Å². The van der Waals surface area contributed by atoms with E-state index in [0.717, 1.165) is 16.9 Å². The van der Waals surface area contributed by atoms with E-state index in [0.29, 0.717) is 10.6 Å². The van der Waals surface area contributed by atoms with Gasteiger partial charge in [-0.3, -0.25) is 0 Å². The van der Waals surface area contributed by atoms with E-state index in [-0.39, 0.29) is 10.7 Å². The second-order valence-corrected chi connectivity index (χ2v) is 4.53. The van der Waals surface area contributed by atoms with Gasteiger partial charge in [-0.2, -0.15) is 0 Å². The van der Waals surface area contributed by atoms with Crippen molar-refractivity contribution in [1.82, 2.24) is 4.98 Å². The summed E-state index contributed by atoms with van der Waals surface area (Å²) in [6, 6.07) is 4.27. The number of thiazole rings is 1. The number of benzene rings is 1. The van der Waals surface area contributed by atoms with Crippen molar-refractivity contribution >= 4 is 22.3 Å². The summed E-state index contributed by atoms with van der Waals surface area (Å²) in [5.41, 5.74) is 6.74. The molecule has 0 saturated carbocycles. The van der Waals surface area contributed by atoms with Gasteiger partial charge in [0.1, 0.15) is 15.8 Å². The smallest absolute Gasteiger partial charge is 0.357 e. The molecule has 0 unspecified atom stereocenters. The molecule has 2 aromatic rings. The highest BCUT2D eigenvalue weighted by atomic mass is 32.1. The number of carboxylic acids is 1. The lowest BCUT2D eigenvalue weighted by Crippen LogP contribution is -2.00. The van der Waals surface area contributed by atoms with Gasteiger partial charge >= 0.3 is 5.97 Å². The van der Waals surface area contributed by atoms with Crippen LogP contribution in [0.1, 0.15) is 16.1 Å². The number of aromatic nitrogens is 1. The molecule has 0 aliphatic heterocycles. The summed E-state index contributed by atoms with van der Waals surface area (Å²) in [6.07, 6.45) is 0. The maximum atomic E-state index is 13.1. The molecule has 2 rings (SSSR count). The minimum atomic E-state index is -1.18. The lowest BCUT2D eigenvalue weighted by molar-refractivity contribution is 0.0692. The number of anilines is 1. The van der Waals surface area contributed by atoms with E-state index in [1.165, 1.54) is 12.1 Å². The van der Waals surface area contributed by atoms with Gasteiger partial charge in [-0.05, 0) is 24.6 Å². The third-order valence-electron chi connectivity index (χ3n) is 2.29. The molecular weight excluding hydrogens is 243 g/mol. The topological polar surface area (TPSA) is 76.2 Å². The predicted octanol–water partition coefficient (Wildman–Crippen LogP) is 2.54. The fourth-order valence-corrected chi connectivity index (χ4v) is 2.33. The lowest BCUT2D eigenvalue weighted by atomic mass is 10.1. The van der Waals surface area contributed by atoms with Gasteiger partial charge in [0.25, 0.3) is 0 Å². The number of nitrogens with zero attached hydrogens (tertiary/aromatic N) is 1. The monoisotopic (exact) mass is 252 g/mol. The zero-order valence-electron chi connectivity index (χ0n) is 8.90. The first-order chi connectivity index (χ1) is 7.99. The largest absolute Gasteiger partial charge is 0.476 e. The molecule has 0 radical (unpaired) electrons. The van der Waals surface area contributed by atoms with Crippen LogP contribution >= 0.6 is 11.3 Å². The fourth-order valence-electron chi connectivity index (χ4n) is 1.43. The van der Waals surface area contributed by atoms with Crippen molar-refractivity contribution in [3.63, 3.8) is 0 Å². The molecule has 1 heterocycles. The molecule has 0 atom stereocenters. The van der Waals surface area contributed by atoms with Crippen LogP contribution in [0.2, 0.25) is 0 Å². The van der Waals surface area contributed by atoms with Gasteiger partial charge in [0.2, 0.25) is 0 Å². The first-order valence-electron chi connectivity index (χ1n) is 4.75. The van der Waals surface area contributed by atoms with E-state index in [2.05, 4.69) is 4.98 Å². The predicted molar refractivity (Wildman–Crippen MR) is 63.6 cm³/mol. The van der Waals surface area contributed by atoms with Crippen molar-refractivity contribution in [2.24, 2.45) is 0 Å². The van der Waals surface area contributed by atoms with Crippen molar-refractivity contribution < 1.29 is 14.3 Å². The van der Waals surface area contributed by atoms with Crippen LogP contribution in [-0.2, 0) is 0 Å². The van der Waals surface area contributed by atoms with Crippen LogP contribution in [0, 0.1) is 12.7 Å². The van der Waals surface area contributed by atoms with E-state index in [1.54, 1.807) is 13.0 Å². The highest BCUT2D eigenvalue weighted by Crippen LogP contribution is 2.32. The third-order valence-corrected chi connectivity index (χ3v) is 3.20. The van der Waals surface area contributed by atoms with Crippen LogP contribution < -0.4 is 5.73 Å². The third kappa shape index (κ3) is 2.12. The first-order valence-corrected chi connectivity index (χ1v) is 5.57. The number of carboxylic acid groups (broad SMARTS) is 1. The number of nitrogens with two attached hydrogens (primary N) is 1. The molecule has 0 saturated heterocycles. The van der Waals surface area contributed by atoms with Crippen LogP contribution in [0.4, 0.5) is 9.39 Å². The van der Waals surface area contributed by atoms with Crippen LogP contribution in [0.3, 0.4) is 0 Å². The summed E-state index contributed by atoms with van der Waals surface area (Å²) in [5.74, 6) is -1.57. The fraction of sp³-hybridized carbons (Fsp3) is 0.0909. The Bertz CT molecular complexity index is 595. The van der Waals surface area contributed by atoms with Crippen LogP contribution in [0.5, 0.6) is 0 Å². The standard InChI is InChI=1S/C11H9FN2O2S/c1-5-2-3-6(12)4-7(5)10-14-8(11(15)16)9(13)17-10/h2-4H,13H2,1H3,(H,15,16). The molecule has 4 nitrogen and oxygen atoms in total. The number of aromatic carboxylic acids is 1. The molecule has 0 fully saturated rings. The quantitative estimate of drug-likeness (QED) is 0.861. The van der Waals surface area contributed by atoms with E-state index in [1.807, 2.05) is 0 Å². The van der Waals surface area contributed by atoms with Crippen molar-refractivity contribution in [3.05, 3.63) is 35.3 Å². The van der Waals surface area contributed by atoms with Gasteiger partial charge in [0, 0.05) is 5.56 Å². The SMILES string of the molecule is Cc1ccc(F)cc1-c1nc(C(=O)O)c(N)s1. The Labute approximate surface area is 101 Å². The summed E-state index contributed by atoms with van der Waals surface area (Å²) in [6.45, 7) is 1.80. The number of aryl methyl sites for hydroxylation is 1. The highest BCUT2D eigenvalue weighted by molar-refractivity contribution is 7.19. The molecular formula is C11H9FN2O2S. The number of carbonyl (C=O) groups is 1. The van der Waals surface area contributed by atoms with Crippen LogP contribution in [-0.4, -0.2) is 16.1 Å². The normalized spacial score (nSPS) is 10.5. The second-order valence-electron chi connectivity index (χ2n) is 3.50. The van der Waals surface area contributed by atoms with Crippen LogP contribution in [0.25, 0.3) is 10.6 Å². The summed E-state index contributed by atoms with van der Waals surface area (Å²) in [7, 11) is 0. The Morgan fingerprint density at radius 2 is 2.24 bits per heavy atom. The number of rotatable bonds is 2. The molecule has 0 aliphatic rings. The Hall–Kier alpha value is -1.95. The van der Waals surface area contributed by atoms with Gasteiger partial charge in [0.15, 0.2) is 5.69 Å². The van der Waals surface area contributed by atoms with Gasteiger partial charge in [-0.25, -0.2) is 14.2 Å². The number of halogens is 1. The maximum Gasteiger partial charge on any atom is 0.357 e. The Morgan fingerprint density at radius 3 is 2.82 bits per heavy atom. The minimum absolute atomic E-state index is 0.121. The molecule has 1 aromatic heterocycles. The Balaban J connectivity index is 2.57. The molecule has 1 aromatic carbocycles. The minimum Gasteiger partial charge on any atom is -0.476 e. The Kier molecular flexibility index (Phi) is 2.81. The van der Waals surface area contributed by atoms with E-state index in [4.69, 9.17) is 10.8 Å². The van der Waals surface area contributed by atoms with Gasteiger partial charge in [-0.1, -0.05) is 17.4 Å². The zero-order chi connectivity index (χ0) is 12.6. The average Bonchev–Trinajstić information content (AvgIpc) is 2.64. The average molecular weight is 252 g/mol. The summed E-state index contributed by atoms with van der Waals surface area (Å²) >= 11 is 1.04. The molecule has 3 N–H and O–H groups in total. The molecule has 6 heteroatoms. The first kappa shape index (κ1) is 11.5. The van der Waals surface area contributed by atoms with E-state index >= 15 is 0 Å². The number of hydrogen-bond donors (Lipinski definition) is 2. The molecule has 88 valence electrons. The molecule has 17 heavy (non-hydrogen) atoms. The number of hydrogen-bond acceptors (Lipinski definition) is 4. The van der Waals surface area contributed by atoms with Gasteiger partial charge in [-0.15, -0.1) is 0 Å². The molecule has 0 aliphatic carbocycles. The maximum absolute atomic E-state index is 13.1. The van der Waals surface area contributed by atoms with Gasteiger partial charge < -0.3 is 10.8 Å². The number of nitrogen functional groups attached to an aromatic ring is 1. The van der Waals surface area contributed by atoms with Crippen molar-refractivity contribution in [3.8, 4) is 10.6 Å². The van der Waals surface area contributed by atoms with Crippen molar-refractivity contribution in [2.45, 2.75) is 6.92 Å².